The smallest absolute Gasteiger partial charge is 0.335 e. The highest BCUT2D eigenvalue weighted by Crippen LogP contribution is 2.23. The maximum absolute atomic E-state index is 12.5. The average Bonchev–Trinajstić information content (AvgIpc) is 3.18. The highest BCUT2D eigenvalue weighted by molar-refractivity contribution is 7.93. The molecule has 0 aliphatic carbocycles. The van der Waals surface area contributed by atoms with Crippen molar-refractivity contribution in [1.82, 2.24) is 0 Å². The van der Waals surface area contributed by atoms with Crippen LogP contribution in [0.2, 0.25) is 10.0 Å². The van der Waals surface area contributed by atoms with Gasteiger partial charge in [0.1, 0.15) is 0 Å². The third kappa shape index (κ3) is 11.7. The zero-order valence-corrected chi connectivity index (χ0v) is 32.7. The summed E-state index contributed by atoms with van der Waals surface area (Å²) in [5.74, 6) is -3.08. The number of amides is 2. The van der Waals surface area contributed by atoms with Crippen LogP contribution in [0.1, 0.15) is 41.4 Å². The lowest BCUT2D eigenvalue weighted by molar-refractivity contribution is 0.0686. The SMILES string of the molecule is O=C(O)c1ccc(NC(=O)c2cccc(NS(=O)(=O)c3cccc(Cl)c3)c2)cc1.O=C(O)c1ccc(NC(=O)c2cccc(NS(=O)(=O)c3cccc(Cl)c3)c2)cc1. The van der Waals surface area contributed by atoms with Crippen LogP contribution in [0.4, 0.5) is 22.7 Å². The number of hydrogen-bond donors (Lipinski definition) is 6. The molecular weight excluding hydrogens is 831 g/mol. The molecule has 0 spiro atoms. The van der Waals surface area contributed by atoms with E-state index in [9.17, 15) is 36.0 Å². The monoisotopic (exact) mass is 860 g/mol. The van der Waals surface area contributed by atoms with Crippen LogP contribution in [-0.4, -0.2) is 50.8 Å². The number of carbonyl (C=O) groups excluding carboxylic acids is 2. The predicted molar refractivity (Wildman–Crippen MR) is 220 cm³/mol. The summed E-state index contributed by atoms with van der Waals surface area (Å²) in [6.07, 6.45) is 0. The molecule has 14 nitrogen and oxygen atoms in total. The molecule has 0 radical (unpaired) electrons. The summed E-state index contributed by atoms with van der Waals surface area (Å²) in [5.41, 5.74) is 1.87. The molecule has 0 fully saturated rings. The zero-order chi connectivity index (χ0) is 42.0. The number of aromatic carboxylic acids is 2. The van der Waals surface area contributed by atoms with E-state index in [-0.39, 0.29) is 53.5 Å². The van der Waals surface area contributed by atoms with Gasteiger partial charge in [0.2, 0.25) is 0 Å². The molecule has 18 heteroatoms. The van der Waals surface area contributed by atoms with Crippen LogP contribution in [0.15, 0.2) is 155 Å². The minimum Gasteiger partial charge on any atom is -0.478 e. The highest BCUT2D eigenvalue weighted by atomic mass is 35.5. The Morgan fingerprint density at radius 3 is 1.09 bits per heavy atom. The Morgan fingerprint density at radius 2 is 0.759 bits per heavy atom. The Kier molecular flexibility index (Phi) is 13.5. The quantitative estimate of drug-likeness (QED) is 0.0692. The largest absolute Gasteiger partial charge is 0.478 e. The normalized spacial score (nSPS) is 10.9. The van der Waals surface area contributed by atoms with E-state index in [1.54, 1.807) is 12.1 Å². The van der Waals surface area contributed by atoms with Crippen molar-refractivity contribution >= 4 is 89.8 Å². The second-order valence-electron chi connectivity index (χ2n) is 12.0. The van der Waals surface area contributed by atoms with Crippen molar-refractivity contribution < 1.29 is 46.2 Å². The van der Waals surface area contributed by atoms with Crippen LogP contribution in [-0.2, 0) is 20.0 Å². The molecule has 0 aliphatic rings. The Balaban J connectivity index is 0.000000221. The van der Waals surface area contributed by atoms with Gasteiger partial charge in [-0.3, -0.25) is 19.0 Å². The second kappa shape index (κ2) is 18.5. The molecule has 0 bridgehead atoms. The van der Waals surface area contributed by atoms with Crippen molar-refractivity contribution in [2.24, 2.45) is 0 Å². The predicted octanol–water partition coefficient (Wildman–Crippen LogP) is 8.18. The summed E-state index contributed by atoms with van der Waals surface area (Å²) >= 11 is 11.7. The fraction of sp³-hybridized carbons (Fsp3) is 0. The molecule has 0 aromatic heterocycles. The molecular formula is C40H30Cl2N4O10S2. The average molecular weight is 862 g/mol. The number of carboxylic acid groups (broad SMARTS) is 2. The van der Waals surface area contributed by atoms with Crippen molar-refractivity contribution in [3.05, 3.63) is 178 Å². The zero-order valence-electron chi connectivity index (χ0n) is 29.6. The standard InChI is InChI=1S/2C20H15ClN2O5S/c2*21-15-4-2-6-18(12-15)29(27,28)23-17-5-1-3-14(11-17)19(24)22-16-9-7-13(8-10-16)20(25)26/h2*1-12,23H,(H,22,24)(H,25,26). The van der Waals surface area contributed by atoms with Gasteiger partial charge in [-0.2, -0.15) is 0 Å². The summed E-state index contributed by atoms with van der Waals surface area (Å²) in [4.78, 5) is 46.6. The summed E-state index contributed by atoms with van der Waals surface area (Å²) in [6, 6.07) is 34.9. The molecule has 0 saturated heterocycles. The first kappa shape index (κ1) is 42.4. The molecule has 0 heterocycles. The van der Waals surface area contributed by atoms with Gasteiger partial charge in [-0.15, -0.1) is 0 Å². The molecule has 6 rings (SSSR count). The topological polar surface area (TPSA) is 225 Å². The summed E-state index contributed by atoms with van der Waals surface area (Å²) < 4.78 is 54.8. The molecule has 6 aromatic rings. The molecule has 6 N–H and O–H groups in total. The van der Waals surface area contributed by atoms with Gasteiger partial charge in [0.15, 0.2) is 0 Å². The number of carboxylic acids is 2. The van der Waals surface area contributed by atoms with Crippen molar-refractivity contribution in [2.75, 3.05) is 20.1 Å². The van der Waals surface area contributed by atoms with E-state index < -0.39 is 43.8 Å². The lowest BCUT2D eigenvalue weighted by Gasteiger charge is -2.10. The third-order valence-electron chi connectivity index (χ3n) is 7.75. The first-order valence-electron chi connectivity index (χ1n) is 16.6. The number of rotatable bonds is 12. The first-order valence-corrected chi connectivity index (χ1v) is 20.3. The molecule has 2 amide bonds. The molecule has 0 atom stereocenters. The van der Waals surface area contributed by atoms with E-state index in [4.69, 9.17) is 33.4 Å². The third-order valence-corrected chi connectivity index (χ3v) is 11.0. The first-order chi connectivity index (χ1) is 27.5. The highest BCUT2D eigenvalue weighted by Gasteiger charge is 2.18. The fourth-order valence-electron chi connectivity index (χ4n) is 4.94. The Bertz CT molecular complexity index is 2540. The lowest BCUT2D eigenvalue weighted by Crippen LogP contribution is -2.15. The van der Waals surface area contributed by atoms with E-state index in [1.165, 1.54) is 133 Å². The lowest BCUT2D eigenvalue weighted by atomic mass is 10.1. The van der Waals surface area contributed by atoms with Gasteiger partial charge < -0.3 is 20.8 Å². The van der Waals surface area contributed by atoms with Gasteiger partial charge in [0, 0.05) is 43.9 Å². The van der Waals surface area contributed by atoms with Crippen LogP contribution in [0.25, 0.3) is 0 Å². The number of anilines is 4. The van der Waals surface area contributed by atoms with Gasteiger partial charge in [-0.1, -0.05) is 47.5 Å². The number of sulfonamides is 2. The number of halogens is 2. The minimum atomic E-state index is -3.87. The second-order valence-corrected chi connectivity index (χ2v) is 16.2. The van der Waals surface area contributed by atoms with Crippen molar-refractivity contribution in [1.29, 1.82) is 0 Å². The molecule has 0 aliphatic heterocycles. The van der Waals surface area contributed by atoms with Gasteiger partial charge >= 0.3 is 11.9 Å². The van der Waals surface area contributed by atoms with E-state index in [0.29, 0.717) is 11.4 Å². The number of nitrogens with one attached hydrogen (secondary N) is 4. The molecule has 0 unspecified atom stereocenters. The van der Waals surface area contributed by atoms with E-state index in [2.05, 4.69) is 20.1 Å². The molecule has 0 saturated carbocycles. The molecule has 296 valence electrons. The van der Waals surface area contributed by atoms with Gasteiger partial charge in [0.25, 0.3) is 31.9 Å². The van der Waals surface area contributed by atoms with E-state index in [0.717, 1.165) is 0 Å². The minimum absolute atomic E-state index is 0.00150. The number of carbonyl (C=O) groups is 4. The Labute approximate surface area is 342 Å². The van der Waals surface area contributed by atoms with E-state index in [1.807, 2.05) is 0 Å². The van der Waals surface area contributed by atoms with Crippen LogP contribution < -0.4 is 20.1 Å². The van der Waals surface area contributed by atoms with Crippen LogP contribution in [0.3, 0.4) is 0 Å². The summed E-state index contributed by atoms with van der Waals surface area (Å²) in [5, 5.41) is 23.6. The van der Waals surface area contributed by atoms with E-state index >= 15 is 0 Å². The van der Waals surface area contributed by atoms with Crippen molar-refractivity contribution in [3.63, 3.8) is 0 Å². The van der Waals surface area contributed by atoms with Gasteiger partial charge in [0.05, 0.1) is 20.9 Å². The van der Waals surface area contributed by atoms with Crippen LogP contribution in [0, 0.1) is 0 Å². The summed E-state index contributed by atoms with van der Waals surface area (Å²) in [7, 11) is -7.74. The molecule has 58 heavy (non-hydrogen) atoms. The van der Waals surface area contributed by atoms with Crippen LogP contribution in [0.5, 0.6) is 0 Å². The van der Waals surface area contributed by atoms with Crippen LogP contribution >= 0.6 is 23.2 Å². The number of hydrogen-bond acceptors (Lipinski definition) is 8. The fourth-order valence-corrected chi connectivity index (χ4v) is 7.64. The maximum Gasteiger partial charge on any atom is 0.335 e. The van der Waals surface area contributed by atoms with Crippen molar-refractivity contribution in [2.45, 2.75) is 9.79 Å². The van der Waals surface area contributed by atoms with Crippen molar-refractivity contribution in [3.8, 4) is 0 Å². The van der Waals surface area contributed by atoms with Gasteiger partial charge in [-0.25, -0.2) is 26.4 Å². The maximum atomic E-state index is 12.5. The van der Waals surface area contributed by atoms with Gasteiger partial charge in [-0.05, 0) is 121 Å². The number of benzene rings is 6. The Morgan fingerprint density at radius 1 is 0.414 bits per heavy atom. The Hall–Kier alpha value is -6.72. The molecule has 6 aromatic carbocycles. The summed E-state index contributed by atoms with van der Waals surface area (Å²) in [6.45, 7) is 0.